The topological polar surface area (TPSA) is 48.1 Å². The molecule has 0 saturated carbocycles. The van der Waals surface area contributed by atoms with Crippen LogP contribution in [0, 0.1) is 17.1 Å². The SMILES string of the molecule is CN(C)C1CCN(c2cc(-c3ccc(C#N)c(F)c3)c(-c3ccc4cn(C)cc4c3)cn2)CC1. The highest BCUT2D eigenvalue weighted by Gasteiger charge is 2.22. The van der Waals surface area contributed by atoms with Crippen molar-refractivity contribution in [2.45, 2.75) is 18.9 Å². The van der Waals surface area contributed by atoms with Crippen molar-refractivity contribution in [1.29, 1.82) is 5.26 Å². The molecule has 6 heteroatoms. The molecule has 5 nitrogen and oxygen atoms in total. The fourth-order valence-corrected chi connectivity index (χ4v) is 4.92. The fourth-order valence-electron chi connectivity index (χ4n) is 4.92. The third-order valence-electron chi connectivity index (χ3n) is 6.89. The number of piperidine rings is 1. The first kappa shape index (κ1) is 22.1. The van der Waals surface area contributed by atoms with Crippen LogP contribution in [0.15, 0.2) is 61.1 Å². The summed E-state index contributed by atoms with van der Waals surface area (Å²) in [6, 6.07) is 15.8. The van der Waals surface area contributed by atoms with Crippen molar-refractivity contribution in [3.8, 4) is 28.3 Å². The molecule has 3 heterocycles. The van der Waals surface area contributed by atoms with Gasteiger partial charge in [0.15, 0.2) is 0 Å². The summed E-state index contributed by atoms with van der Waals surface area (Å²) in [5.74, 6) is 0.399. The molecule has 34 heavy (non-hydrogen) atoms. The molecular formula is C28H28FN5. The standard InChI is InChI=1S/C28H28FN5/c1-32(2)24-8-10-34(11-9-24)28-14-25(20-4-6-21(15-30)27(29)13-20)26(16-31-28)19-5-7-22-17-33(3)18-23(22)12-19/h4-7,12-14,16-18,24H,8-11H2,1-3H3. The van der Waals surface area contributed by atoms with Crippen LogP contribution in [0.1, 0.15) is 18.4 Å². The Kier molecular flexibility index (Phi) is 5.80. The molecule has 0 aliphatic carbocycles. The zero-order valence-electron chi connectivity index (χ0n) is 19.8. The first-order valence-corrected chi connectivity index (χ1v) is 11.6. The molecule has 2 aromatic carbocycles. The van der Waals surface area contributed by atoms with E-state index in [0.717, 1.165) is 59.4 Å². The second-order valence-electron chi connectivity index (χ2n) is 9.34. The fraction of sp³-hybridized carbons (Fsp3) is 0.286. The predicted molar refractivity (Wildman–Crippen MR) is 135 cm³/mol. The molecule has 1 aliphatic rings. The molecule has 0 atom stereocenters. The zero-order chi connectivity index (χ0) is 23.8. The molecule has 0 bridgehead atoms. The van der Waals surface area contributed by atoms with E-state index in [1.165, 1.54) is 11.5 Å². The van der Waals surface area contributed by atoms with E-state index in [0.29, 0.717) is 6.04 Å². The van der Waals surface area contributed by atoms with Crippen LogP contribution in [-0.4, -0.2) is 47.7 Å². The molecule has 5 rings (SSSR count). The maximum atomic E-state index is 14.6. The van der Waals surface area contributed by atoms with E-state index in [4.69, 9.17) is 4.98 Å². The predicted octanol–water partition coefficient (Wildman–Crippen LogP) is 5.45. The Hall–Kier alpha value is -3.69. The van der Waals surface area contributed by atoms with E-state index in [1.807, 2.05) is 29.9 Å². The number of aromatic nitrogens is 2. The Balaban J connectivity index is 1.59. The number of fused-ring (bicyclic) bond motifs is 1. The van der Waals surface area contributed by atoms with Gasteiger partial charge in [0.2, 0.25) is 0 Å². The molecule has 4 aromatic rings. The molecule has 1 aliphatic heterocycles. The molecule has 1 fully saturated rings. The van der Waals surface area contributed by atoms with Crippen LogP contribution >= 0.6 is 0 Å². The summed E-state index contributed by atoms with van der Waals surface area (Å²) in [6.07, 6.45) is 8.26. The average molecular weight is 454 g/mol. The van der Waals surface area contributed by atoms with Crippen molar-refractivity contribution in [3.63, 3.8) is 0 Å². The average Bonchev–Trinajstić information content (AvgIpc) is 3.23. The highest BCUT2D eigenvalue weighted by Crippen LogP contribution is 2.36. The molecular weight excluding hydrogens is 425 g/mol. The summed E-state index contributed by atoms with van der Waals surface area (Å²) in [7, 11) is 6.28. The Labute approximate surface area is 199 Å². The van der Waals surface area contributed by atoms with Gasteiger partial charge < -0.3 is 14.4 Å². The van der Waals surface area contributed by atoms with Crippen LogP contribution in [0.25, 0.3) is 33.0 Å². The second kappa shape index (κ2) is 8.92. The molecule has 2 aromatic heterocycles. The third kappa shape index (κ3) is 4.15. The van der Waals surface area contributed by atoms with E-state index in [2.05, 4.69) is 60.6 Å². The number of halogens is 1. The molecule has 0 N–H and O–H groups in total. The highest BCUT2D eigenvalue weighted by molar-refractivity contribution is 5.91. The van der Waals surface area contributed by atoms with Gasteiger partial charge in [0.1, 0.15) is 17.7 Å². The van der Waals surface area contributed by atoms with Crippen molar-refractivity contribution >= 4 is 16.6 Å². The van der Waals surface area contributed by atoms with E-state index >= 15 is 0 Å². The number of nitrogens with zero attached hydrogens (tertiary/aromatic N) is 5. The number of rotatable bonds is 4. The van der Waals surface area contributed by atoms with Gasteiger partial charge in [0.25, 0.3) is 0 Å². The normalized spacial score (nSPS) is 14.6. The van der Waals surface area contributed by atoms with E-state index in [1.54, 1.807) is 6.07 Å². The van der Waals surface area contributed by atoms with Gasteiger partial charge >= 0.3 is 0 Å². The highest BCUT2D eigenvalue weighted by atomic mass is 19.1. The molecule has 0 unspecified atom stereocenters. The number of aryl methyl sites for hydroxylation is 1. The third-order valence-corrected chi connectivity index (χ3v) is 6.89. The summed E-state index contributed by atoms with van der Waals surface area (Å²) >= 11 is 0. The maximum Gasteiger partial charge on any atom is 0.141 e. The lowest BCUT2D eigenvalue weighted by Gasteiger charge is -2.36. The maximum absolute atomic E-state index is 14.6. The number of pyridine rings is 1. The van der Waals surface area contributed by atoms with Gasteiger partial charge in [-0.15, -0.1) is 0 Å². The van der Waals surface area contributed by atoms with Gasteiger partial charge in [-0.2, -0.15) is 5.26 Å². The Bertz CT molecular complexity index is 1390. The Morgan fingerprint density at radius 1 is 0.971 bits per heavy atom. The van der Waals surface area contributed by atoms with Crippen molar-refractivity contribution < 1.29 is 4.39 Å². The summed E-state index contributed by atoms with van der Waals surface area (Å²) in [6.45, 7) is 1.87. The molecule has 0 spiro atoms. The van der Waals surface area contributed by atoms with E-state index < -0.39 is 5.82 Å². The van der Waals surface area contributed by atoms with Crippen LogP contribution in [-0.2, 0) is 7.05 Å². The first-order valence-electron chi connectivity index (χ1n) is 11.6. The quantitative estimate of drug-likeness (QED) is 0.412. The smallest absolute Gasteiger partial charge is 0.141 e. The molecule has 0 radical (unpaired) electrons. The second-order valence-corrected chi connectivity index (χ2v) is 9.34. The van der Waals surface area contributed by atoms with E-state index in [9.17, 15) is 9.65 Å². The van der Waals surface area contributed by atoms with Gasteiger partial charge in [0, 0.05) is 50.3 Å². The minimum atomic E-state index is -0.505. The van der Waals surface area contributed by atoms with Crippen molar-refractivity contribution in [1.82, 2.24) is 14.5 Å². The minimum Gasteiger partial charge on any atom is -0.356 e. The lowest BCUT2D eigenvalue weighted by Crippen LogP contribution is -2.42. The number of benzene rings is 2. The first-order chi connectivity index (χ1) is 16.4. The molecule has 172 valence electrons. The van der Waals surface area contributed by atoms with Crippen LogP contribution in [0.5, 0.6) is 0 Å². The van der Waals surface area contributed by atoms with Gasteiger partial charge in [-0.05, 0) is 78.7 Å². The van der Waals surface area contributed by atoms with Crippen LogP contribution in [0.2, 0.25) is 0 Å². The minimum absolute atomic E-state index is 0.0519. The van der Waals surface area contributed by atoms with Gasteiger partial charge in [-0.1, -0.05) is 18.2 Å². The Morgan fingerprint density at radius 2 is 1.68 bits per heavy atom. The van der Waals surface area contributed by atoms with Crippen molar-refractivity contribution in [2.75, 3.05) is 32.1 Å². The van der Waals surface area contributed by atoms with Crippen molar-refractivity contribution in [2.24, 2.45) is 7.05 Å². The molecule has 1 saturated heterocycles. The van der Waals surface area contributed by atoms with Gasteiger partial charge in [-0.3, -0.25) is 0 Å². The number of hydrogen-bond acceptors (Lipinski definition) is 4. The van der Waals surface area contributed by atoms with E-state index in [-0.39, 0.29) is 5.56 Å². The lowest BCUT2D eigenvalue weighted by molar-refractivity contribution is 0.249. The number of nitriles is 1. The number of anilines is 1. The van der Waals surface area contributed by atoms with Crippen LogP contribution < -0.4 is 4.90 Å². The summed E-state index contributed by atoms with van der Waals surface area (Å²) in [4.78, 5) is 9.44. The summed E-state index contributed by atoms with van der Waals surface area (Å²) < 4.78 is 16.6. The van der Waals surface area contributed by atoms with Crippen molar-refractivity contribution in [3.05, 3.63) is 72.4 Å². The number of hydrogen-bond donors (Lipinski definition) is 0. The van der Waals surface area contributed by atoms with Crippen LogP contribution in [0.4, 0.5) is 10.2 Å². The summed E-state index contributed by atoms with van der Waals surface area (Å²) in [5.41, 5.74) is 3.69. The van der Waals surface area contributed by atoms with Gasteiger partial charge in [0.05, 0.1) is 5.56 Å². The van der Waals surface area contributed by atoms with Crippen LogP contribution in [0.3, 0.4) is 0 Å². The monoisotopic (exact) mass is 453 g/mol. The Morgan fingerprint density at radius 3 is 2.38 bits per heavy atom. The van der Waals surface area contributed by atoms with Gasteiger partial charge in [-0.25, -0.2) is 9.37 Å². The summed E-state index contributed by atoms with van der Waals surface area (Å²) in [5, 5.41) is 11.5. The lowest BCUT2D eigenvalue weighted by atomic mass is 9.94. The molecule has 0 amide bonds. The zero-order valence-corrected chi connectivity index (χ0v) is 19.8. The largest absolute Gasteiger partial charge is 0.356 e.